The van der Waals surface area contributed by atoms with Gasteiger partial charge in [-0.1, -0.05) is 11.3 Å². The number of hydrogen-bond acceptors (Lipinski definition) is 7. The molecule has 0 saturated carbocycles. The zero-order valence-electron chi connectivity index (χ0n) is 12.7. The average molecular weight is 350 g/mol. The minimum Gasteiger partial charge on any atom is -0.494 e. The number of thiophene rings is 1. The first-order valence-corrected chi connectivity index (χ1v) is 7.75. The van der Waals surface area contributed by atoms with Gasteiger partial charge in [0.25, 0.3) is 5.91 Å². The molecule has 0 aliphatic rings. The highest BCUT2D eigenvalue weighted by molar-refractivity contribution is 7.17. The molecule has 0 aliphatic heterocycles. The molecule has 0 fully saturated rings. The van der Waals surface area contributed by atoms with Crippen molar-refractivity contribution in [3.8, 4) is 5.75 Å². The molecule has 126 valence electrons. The van der Waals surface area contributed by atoms with Gasteiger partial charge in [-0.3, -0.25) is 14.9 Å². The fourth-order valence-corrected chi connectivity index (χ4v) is 2.45. The molecule has 1 N–H and O–H groups in total. The van der Waals surface area contributed by atoms with E-state index in [1.807, 2.05) is 6.92 Å². The van der Waals surface area contributed by atoms with Gasteiger partial charge in [0.05, 0.1) is 11.5 Å². The van der Waals surface area contributed by atoms with Gasteiger partial charge in [0.1, 0.15) is 10.6 Å². The van der Waals surface area contributed by atoms with Gasteiger partial charge in [-0.05, 0) is 37.3 Å². The van der Waals surface area contributed by atoms with E-state index in [9.17, 15) is 19.7 Å². The smallest absolute Gasteiger partial charge is 0.349 e. The second-order valence-electron chi connectivity index (χ2n) is 4.48. The van der Waals surface area contributed by atoms with Crippen molar-refractivity contribution < 1.29 is 24.0 Å². The topological polar surface area (TPSA) is 108 Å². The summed E-state index contributed by atoms with van der Waals surface area (Å²) in [5.41, 5.74) is 0.534. The molecule has 1 aromatic heterocycles. The highest BCUT2D eigenvalue weighted by Crippen LogP contribution is 2.24. The lowest BCUT2D eigenvalue weighted by Gasteiger charge is -2.07. The minimum absolute atomic E-state index is 0.0653. The van der Waals surface area contributed by atoms with Gasteiger partial charge in [-0.25, -0.2) is 4.79 Å². The van der Waals surface area contributed by atoms with Gasteiger partial charge >= 0.3 is 11.0 Å². The molecule has 0 bridgehead atoms. The first-order valence-electron chi connectivity index (χ1n) is 6.93. The number of anilines is 1. The summed E-state index contributed by atoms with van der Waals surface area (Å²) in [5, 5.41) is 13.0. The molecule has 0 spiro atoms. The fourth-order valence-electron chi connectivity index (χ4n) is 1.74. The van der Waals surface area contributed by atoms with E-state index in [2.05, 4.69) is 5.32 Å². The van der Waals surface area contributed by atoms with E-state index < -0.39 is 23.4 Å². The maximum absolute atomic E-state index is 11.7. The first kappa shape index (κ1) is 17.4. The Bertz CT molecular complexity index is 741. The summed E-state index contributed by atoms with van der Waals surface area (Å²) in [6.07, 6.45) is 0. The molecule has 9 heteroatoms. The lowest BCUT2D eigenvalue weighted by atomic mass is 10.3. The Balaban J connectivity index is 1.83. The Morgan fingerprint density at radius 2 is 1.92 bits per heavy atom. The molecule has 2 rings (SSSR count). The van der Waals surface area contributed by atoms with Crippen LogP contribution in [0, 0.1) is 10.1 Å². The lowest BCUT2D eigenvalue weighted by Crippen LogP contribution is -2.20. The number of rotatable bonds is 7. The Morgan fingerprint density at radius 1 is 1.21 bits per heavy atom. The Morgan fingerprint density at radius 3 is 2.50 bits per heavy atom. The number of amides is 1. The van der Waals surface area contributed by atoms with Crippen LogP contribution in [0.3, 0.4) is 0 Å². The van der Waals surface area contributed by atoms with Gasteiger partial charge < -0.3 is 14.8 Å². The van der Waals surface area contributed by atoms with Crippen LogP contribution in [0.25, 0.3) is 0 Å². The zero-order chi connectivity index (χ0) is 17.5. The number of nitrogens with zero attached hydrogens (tertiary/aromatic N) is 1. The van der Waals surface area contributed by atoms with Crippen molar-refractivity contribution in [1.29, 1.82) is 0 Å². The van der Waals surface area contributed by atoms with E-state index in [0.29, 0.717) is 29.4 Å². The molecular weight excluding hydrogens is 336 g/mol. The van der Waals surface area contributed by atoms with Crippen LogP contribution < -0.4 is 10.1 Å². The summed E-state index contributed by atoms with van der Waals surface area (Å²) in [6, 6.07) is 9.23. The Kier molecular flexibility index (Phi) is 5.85. The maximum atomic E-state index is 11.7. The van der Waals surface area contributed by atoms with E-state index >= 15 is 0 Å². The van der Waals surface area contributed by atoms with Crippen LogP contribution in [0.1, 0.15) is 16.6 Å². The van der Waals surface area contributed by atoms with Gasteiger partial charge in [-0.2, -0.15) is 0 Å². The van der Waals surface area contributed by atoms with E-state index in [4.69, 9.17) is 9.47 Å². The monoisotopic (exact) mass is 350 g/mol. The summed E-state index contributed by atoms with van der Waals surface area (Å²) in [4.78, 5) is 33.5. The highest BCUT2D eigenvalue weighted by atomic mass is 32.1. The number of nitrogens with one attached hydrogen (secondary N) is 1. The van der Waals surface area contributed by atoms with Crippen LogP contribution in [0.4, 0.5) is 10.7 Å². The number of hydrogen-bond donors (Lipinski definition) is 1. The number of carbonyl (C=O) groups excluding carboxylic acids is 2. The van der Waals surface area contributed by atoms with Crippen LogP contribution in [-0.4, -0.2) is 30.0 Å². The summed E-state index contributed by atoms with van der Waals surface area (Å²) in [5.74, 6) is -0.616. The lowest BCUT2D eigenvalue weighted by molar-refractivity contribution is -0.380. The molecule has 2 aromatic rings. The molecule has 0 aliphatic carbocycles. The standard InChI is InChI=1S/C15H14N2O6S/c1-2-22-11-5-3-10(4-6-11)16-13(18)9-23-15(19)12-7-8-14(24-12)17(20)21/h3-8H,2,9H2,1H3,(H,16,18). The van der Waals surface area contributed by atoms with Crippen molar-refractivity contribution in [2.75, 3.05) is 18.5 Å². The van der Waals surface area contributed by atoms with Crippen LogP contribution >= 0.6 is 11.3 Å². The van der Waals surface area contributed by atoms with Gasteiger partial charge in [0, 0.05) is 11.8 Å². The maximum Gasteiger partial charge on any atom is 0.349 e. The van der Waals surface area contributed by atoms with Crippen LogP contribution in [0.5, 0.6) is 5.75 Å². The van der Waals surface area contributed by atoms with Crippen LogP contribution in [0.2, 0.25) is 0 Å². The summed E-state index contributed by atoms with van der Waals surface area (Å²) < 4.78 is 10.1. The average Bonchev–Trinajstić information content (AvgIpc) is 3.05. The number of carbonyl (C=O) groups is 2. The molecule has 1 heterocycles. The quantitative estimate of drug-likeness (QED) is 0.467. The van der Waals surface area contributed by atoms with E-state index in [1.165, 1.54) is 12.1 Å². The molecule has 0 unspecified atom stereocenters. The molecule has 8 nitrogen and oxygen atoms in total. The molecular formula is C15H14N2O6S. The number of benzene rings is 1. The first-order chi connectivity index (χ1) is 11.5. The molecule has 0 saturated heterocycles. The highest BCUT2D eigenvalue weighted by Gasteiger charge is 2.17. The largest absolute Gasteiger partial charge is 0.494 e. The van der Waals surface area contributed by atoms with E-state index in [0.717, 1.165) is 0 Å². The van der Waals surface area contributed by atoms with E-state index in [-0.39, 0.29) is 9.88 Å². The van der Waals surface area contributed by atoms with Gasteiger partial charge in [0.15, 0.2) is 6.61 Å². The van der Waals surface area contributed by atoms with Crippen molar-refractivity contribution in [3.63, 3.8) is 0 Å². The molecule has 0 radical (unpaired) electrons. The predicted molar refractivity (Wildman–Crippen MR) is 87.5 cm³/mol. The van der Waals surface area contributed by atoms with Gasteiger partial charge in [-0.15, -0.1) is 0 Å². The Hall–Kier alpha value is -2.94. The molecule has 1 aromatic carbocycles. The van der Waals surface area contributed by atoms with Gasteiger partial charge in [0.2, 0.25) is 0 Å². The number of ether oxygens (including phenoxy) is 2. The SMILES string of the molecule is CCOc1ccc(NC(=O)COC(=O)c2ccc([N+](=O)[O-])s2)cc1. The molecule has 0 atom stereocenters. The summed E-state index contributed by atoms with van der Waals surface area (Å²) in [6.45, 7) is 1.92. The zero-order valence-corrected chi connectivity index (χ0v) is 13.5. The molecule has 1 amide bonds. The normalized spacial score (nSPS) is 10.0. The van der Waals surface area contributed by atoms with E-state index in [1.54, 1.807) is 24.3 Å². The van der Waals surface area contributed by atoms with Crippen molar-refractivity contribution in [3.05, 3.63) is 51.4 Å². The third-order valence-corrected chi connectivity index (χ3v) is 3.77. The second kappa shape index (κ2) is 8.06. The molecule has 24 heavy (non-hydrogen) atoms. The van der Waals surface area contributed by atoms with Crippen LogP contribution in [0.15, 0.2) is 36.4 Å². The van der Waals surface area contributed by atoms with Crippen LogP contribution in [-0.2, 0) is 9.53 Å². The third kappa shape index (κ3) is 4.78. The van der Waals surface area contributed by atoms with Crippen molar-refractivity contribution in [1.82, 2.24) is 0 Å². The fraction of sp³-hybridized carbons (Fsp3) is 0.200. The summed E-state index contributed by atoms with van der Waals surface area (Å²) >= 11 is 0.692. The van der Waals surface area contributed by atoms with Crippen molar-refractivity contribution >= 4 is 33.9 Å². The predicted octanol–water partition coefficient (Wildman–Crippen LogP) is 2.85. The number of nitro groups is 1. The van der Waals surface area contributed by atoms with Crippen molar-refractivity contribution in [2.45, 2.75) is 6.92 Å². The number of esters is 1. The summed E-state index contributed by atoms with van der Waals surface area (Å²) in [7, 11) is 0. The Labute approximate surface area is 141 Å². The minimum atomic E-state index is -0.782. The third-order valence-electron chi connectivity index (χ3n) is 2.76. The second-order valence-corrected chi connectivity index (χ2v) is 5.54. The van der Waals surface area contributed by atoms with Crippen molar-refractivity contribution in [2.24, 2.45) is 0 Å².